The van der Waals surface area contributed by atoms with Gasteiger partial charge in [-0.15, -0.1) is 0 Å². The zero-order chi connectivity index (χ0) is 13.6. The Bertz CT molecular complexity index is 698. The molecule has 0 atom stereocenters. The summed E-state index contributed by atoms with van der Waals surface area (Å²) in [6.45, 7) is 0. The molecule has 1 aliphatic carbocycles. The van der Waals surface area contributed by atoms with Crippen LogP contribution in [0.3, 0.4) is 0 Å². The van der Waals surface area contributed by atoms with Crippen LogP contribution in [0.25, 0.3) is 10.9 Å². The molecule has 1 aromatic carbocycles. The molecule has 1 aliphatic rings. The number of benzene rings is 1. The highest BCUT2D eigenvalue weighted by molar-refractivity contribution is 6.45. The Morgan fingerprint density at radius 3 is 2.79 bits per heavy atom. The molecule has 0 saturated heterocycles. The van der Waals surface area contributed by atoms with Gasteiger partial charge in [0.05, 0.1) is 28.1 Å². The predicted octanol–water partition coefficient (Wildman–Crippen LogP) is 4.07. The maximum Gasteiger partial charge on any atom is 0.181 e. The lowest BCUT2D eigenvalue weighted by Crippen LogP contribution is -2.14. The standard InChI is InChI=1S/C14H11Cl2NO2/c1-19-14-7-3-2-4-10(18)13(7)17-9-6-5-8(15)12(16)11(9)14/h5-6H,2-4H2,1H3. The van der Waals surface area contributed by atoms with E-state index in [0.717, 1.165) is 18.4 Å². The van der Waals surface area contributed by atoms with Gasteiger partial charge in [0, 0.05) is 12.0 Å². The molecule has 0 spiro atoms. The third-order valence-electron chi connectivity index (χ3n) is 3.39. The molecule has 0 amide bonds. The lowest BCUT2D eigenvalue weighted by Gasteiger charge is -2.19. The number of fused-ring (bicyclic) bond motifs is 2. The summed E-state index contributed by atoms with van der Waals surface area (Å²) in [7, 11) is 1.57. The van der Waals surface area contributed by atoms with E-state index in [2.05, 4.69) is 4.98 Å². The summed E-state index contributed by atoms with van der Waals surface area (Å²) in [6, 6.07) is 3.44. The smallest absolute Gasteiger partial charge is 0.181 e. The third kappa shape index (κ3) is 1.88. The minimum atomic E-state index is 0.0625. The highest BCUT2D eigenvalue weighted by Gasteiger charge is 2.25. The molecule has 0 fully saturated rings. The van der Waals surface area contributed by atoms with Gasteiger partial charge in [-0.3, -0.25) is 4.79 Å². The number of methoxy groups -OCH3 is 1. The molecule has 3 nitrogen and oxygen atoms in total. The van der Waals surface area contributed by atoms with Crippen molar-refractivity contribution in [1.29, 1.82) is 0 Å². The first-order chi connectivity index (χ1) is 9.13. The number of halogens is 2. The van der Waals surface area contributed by atoms with Crippen molar-refractivity contribution in [3.05, 3.63) is 33.4 Å². The first-order valence-electron chi connectivity index (χ1n) is 6.01. The van der Waals surface area contributed by atoms with E-state index in [1.807, 2.05) is 0 Å². The van der Waals surface area contributed by atoms with Crippen molar-refractivity contribution in [3.8, 4) is 5.75 Å². The largest absolute Gasteiger partial charge is 0.496 e. The van der Waals surface area contributed by atoms with Gasteiger partial charge in [0.15, 0.2) is 5.78 Å². The van der Waals surface area contributed by atoms with E-state index in [4.69, 9.17) is 27.9 Å². The summed E-state index contributed by atoms with van der Waals surface area (Å²) in [4.78, 5) is 16.4. The molecule has 0 N–H and O–H groups in total. The molecule has 1 aromatic heterocycles. The van der Waals surface area contributed by atoms with Crippen molar-refractivity contribution in [3.63, 3.8) is 0 Å². The molecule has 3 rings (SSSR count). The maximum atomic E-state index is 12.0. The Hall–Kier alpha value is -1.32. The number of hydrogen-bond donors (Lipinski definition) is 0. The van der Waals surface area contributed by atoms with E-state index in [0.29, 0.717) is 38.8 Å². The van der Waals surface area contributed by atoms with Crippen molar-refractivity contribution >= 4 is 39.9 Å². The van der Waals surface area contributed by atoms with Crippen LogP contribution in [0, 0.1) is 0 Å². The Labute approximate surface area is 120 Å². The molecule has 0 saturated carbocycles. The molecule has 2 aromatic rings. The molecule has 5 heteroatoms. The van der Waals surface area contributed by atoms with Gasteiger partial charge in [-0.1, -0.05) is 23.2 Å². The van der Waals surface area contributed by atoms with Crippen LogP contribution in [0.4, 0.5) is 0 Å². The zero-order valence-electron chi connectivity index (χ0n) is 10.3. The topological polar surface area (TPSA) is 39.2 Å². The van der Waals surface area contributed by atoms with E-state index in [9.17, 15) is 4.79 Å². The Morgan fingerprint density at radius 2 is 2.05 bits per heavy atom. The molecule has 0 unspecified atom stereocenters. The first-order valence-corrected chi connectivity index (χ1v) is 6.77. The zero-order valence-corrected chi connectivity index (χ0v) is 11.8. The third-order valence-corrected chi connectivity index (χ3v) is 4.20. The number of carbonyl (C=O) groups is 1. The molecule has 0 radical (unpaired) electrons. The highest BCUT2D eigenvalue weighted by Crippen LogP contribution is 2.40. The fourth-order valence-corrected chi connectivity index (χ4v) is 2.93. The number of pyridine rings is 1. The van der Waals surface area contributed by atoms with Gasteiger partial charge < -0.3 is 4.74 Å². The van der Waals surface area contributed by atoms with Crippen molar-refractivity contribution in [2.45, 2.75) is 19.3 Å². The van der Waals surface area contributed by atoms with E-state index in [1.165, 1.54) is 0 Å². The van der Waals surface area contributed by atoms with Crippen molar-refractivity contribution < 1.29 is 9.53 Å². The Morgan fingerprint density at radius 1 is 1.26 bits per heavy atom. The minimum Gasteiger partial charge on any atom is -0.496 e. The number of carbonyl (C=O) groups excluding carboxylic acids is 1. The van der Waals surface area contributed by atoms with Gasteiger partial charge in [-0.2, -0.15) is 0 Å². The van der Waals surface area contributed by atoms with Crippen LogP contribution in [0.15, 0.2) is 12.1 Å². The molecule has 1 heterocycles. The summed E-state index contributed by atoms with van der Waals surface area (Å²) >= 11 is 12.3. The Balaban J connectivity index is 2.45. The molecule has 19 heavy (non-hydrogen) atoms. The van der Waals surface area contributed by atoms with Crippen LogP contribution < -0.4 is 4.74 Å². The van der Waals surface area contributed by atoms with Crippen LogP contribution >= 0.6 is 23.2 Å². The summed E-state index contributed by atoms with van der Waals surface area (Å²) in [5.41, 5.74) is 1.99. The predicted molar refractivity (Wildman–Crippen MR) is 75.6 cm³/mol. The molecule has 0 aliphatic heterocycles. The summed E-state index contributed by atoms with van der Waals surface area (Å²) in [5, 5.41) is 1.56. The number of aromatic nitrogens is 1. The van der Waals surface area contributed by atoms with Crippen LogP contribution in [-0.4, -0.2) is 17.9 Å². The van der Waals surface area contributed by atoms with Gasteiger partial charge >= 0.3 is 0 Å². The molecule has 98 valence electrons. The van der Waals surface area contributed by atoms with E-state index < -0.39 is 0 Å². The maximum absolute atomic E-state index is 12.0. The quantitative estimate of drug-likeness (QED) is 0.796. The molecular formula is C14H11Cl2NO2. The minimum absolute atomic E-state index is 0.0625. The average molecular weight is 296 g/mol. The van der Waals surface area contributed by atoms with Crippen LogP contribution in [0.2, 0.25) is 10.0 Å². The fraction of sp³-hybridized carbons (Fsp3) is 0.286. The Kier molecular flexibility index (Phi) is 3.11. The van der Waals surface area contributed by atoms with Crippen molar-refractivity contribution in [2.24, 2.45) is 0 Å². The normalized spacial score (nSPS) is 14.6. The fourth-order valence-electron chi connectivity index (χ4n) is 2.53. The van der Waals surface area contributed by atoms with Crippen LogP contribution in [0.5, 0.6) is 5.75 Å². The molecule has 0 bridgehead atoms. The first kappa shape index (κ1) is 12.7. The van der Waals surface area contributed by atoms with Crippen LogP contribution in [-0.2, 0) is 6.42 Å². The lowest BCUT2D eigenvalue weighted by molar-refractivity contribution is 0.0967. The van der Waals surface area contributed by atoms with Gasteiger partial charge in [0.1, 0.15) is 11.4 Å². The van der Waals surface area contributed by atoms with E-state index in [-0.39, 0.29) is 5.78 Å². The second kappa shape index (κ2) is 4.66. The van der Waals surface area contributed by atoms with Gasteiger partial charge in [0.25, 0.3) is 0 Å². The SMILES string of the molecule is COc1c2c(nc3ccc(Cl)c(Cl)c13)C(=O)CCC2. The second-order valence-corrected chi connectivity index (χ2v) is 5.29. The van der Waals surface area contributed by atoms with E-state index >= 15 is 0 Å². The lowest BCUT2D eigenvalue weighted by atomic mass is 9.92. The highest BCUT2D eigenvalue weighted by atomic mass is 35.5. The number of Topliss-reactive ketones (excluding diaryl/α,β-unsaturated/α-hetero) is 1. The average Bonchev–Trinajstić information content (AvgIpc) is 2.42. The number of nitrogens with zero attached hydrogens (tertiary/aromatic N) is 1. The van der Waals surface area contributed by atoms with Crippen molar-refractivity contribution in [1.82, 2.24) is 4.98 Å². The van der Waals surface area contributed by atoms with Crippen molar-refractivity contribution in [2.75, 3.05) is 7.11 Å². The number of rotatable bonds is 1. The number of ketones is 1. The second-order valence-electron chi connectivity index (χ2n) is 4.50. The summed E-state index contributed by atoms with van der Waals surface area (Å²) < 4.78 is 5.47. The van der Waals surface area contributed by atoms with Gasteiger partial charge in [0.2, 0.25) is 0 Å². The summed E-state index contributed by atoms with van der Waals surface area (Å²) in [6.07, 6.45) is 2.12. The monoisotopic (exact) mass is 295 g/mol. The number of hydrogen-bond acceptors (Lipinski definition) is 3. The number of ether oxygens (including phenoxy) is 1. The summed E-state index contributed by atoms with van der Waals surface area (Å²) in [5.74, 6) is 0.688. The van der Waals surface area contributed by atoms with Crippen LogP contribution in [0.1, 0.15) is 28.9 Å². The van der Waals surface area contributed by atoms with Gasteiger partial charge in [-0.05, 0) is 25.0 Å². The van der Waals surface area contributed by atoms with E-state index in [1.54, 1.807) is 19.2 Å². The molecular weight excluding hydrogens is 285 g/mol. The van der Waals surface area contributed by atoms with Gasteiger partial charge in [-0.25, -0.2) is 4.98 Å².